The number of hydrogen-bond donors (Lipinski definition) is 0. The van der Waals surface area contributed by atoms with E-state index in [0.717, 1.165) is 24.2 Å². The number of anilines is 2. The van der Waals surface area contributed by atoms with Crippen LogP contribution in [0, 0.1) is 0 Å². The van der Waals surface area contributed by atoms with Crippen molar-refractivity contribution in [3.05, 3.63) is 60.7 Å². The van der Waals surface area contributed by atoms with Crippen molar-refractivity contribution in [2.24, 2.45) is 5.10 Å². The number of nitrogens with zero attached hydrogens (tertiary/aromatic N) is 2. The summed E-state index contributed by atoms with van der Waals surface area (Å²) in [6, 6.07) is 20.5. The Morgan fingerprint density at radius 1 is 0.789 bits per heavy atom. The first-order valence-corrected chi connectivity index (χ1v) is 6.81. The number of hydrogen-bond acceptors (Lipinski definition) is 2. The van der Waals surface area contributed by atoms with Crippen LogP contribution < -0.4 is 5.01 Å². The highest BCUT2D eigenvalue weighted by Gasteiger charge is 2.08. The third-order valence-electron chi connectivity index (χ3n) is 3.06. The molecule has 0 fully saturated rings. The quantitative estimate of drug-likeness (QED) is 0.540. The molecule has 0 aliphatic carbocycles. The Morgan fingerprint density at radius 2 is 1.21 bits per heavy atom. The van der Waals surface area contributed by atoms with Crippen molar-refractivity contribution < 1.29 is 0 Å². The Labute approximate surface area is 115 Å². The Bertz CT molecular complexity index is 472. The van der Waals surface area contributed by atoms with Crippen LogP contribution >= 0.6 is 0 Å². The largest absolute Gasteiger partial charge is 0.234 e. The molecule has 0 radical (unpaired) electrons. The number of benzene rings is 2. The molecule has 2 heteroatoms. The van der Waals surface area contributed by atoms with E-state index >= 15 is 0 Å². The first-order chi connectivity index (χ1) is 9.35. The first kappa shape index (κ1) is 13.3. The molecular formula is C17H20N2. The Kier molecular flexibility index (Phi) is 4.73. The third-order valence-corrected chi connectivity index (χ3v) is 3.06. The van der Waals surface area contributed by atoms with E-state index in [1.54, 1.807) is 0 Å². The van der Waals surface area contributed by atoms with Gasteiger partial charge in [-0.05, 0) is 37.1 Å². The minimum Gasteiger partial charge on any atom is -0.234 e. The van der Waals surface area contributed by atoms with Crippen molar-refractivity contribution in [3.8, 4) is 0 Å². The molecule has 0 unspecified atom stereocenters. The maximum absolute atomic E-state index is 4.80. The van der Waals surface area contributed by atoms with Gasteiger partial charge >= 0.3 is 0 Å². The van der Waals surface area contributed by atoms with Crippen LogP contribution in [-0.4, -0.2) is 5.71 Å². The smallest absolute Gasteiger partial charge is 0.0652 e. The maximum atomic E-state index is 4.80. The number of hydrazone groups is 1. The van der Waals surface area contributed by atoms with Gasteiger partial charge in [0.2, 0.25) is 0 Å². The van der Waals surface area contributed by atoms with Crippen molar-refractivity contribution in [2.45, 2.75) is 26.7 Å². The van der Waals surface area contributed by atoms with E-state index in [-0.39, 0.29) is 0 Å². The zero-order chi connectivity index (χ0) is 13.5. The van der Waals surface area contributed by atoms with Crippen LogP contribution in [0.2, 0.25) is 0 Å². The van der Waals surface area contributed by atoms with Gasteiger partial charge in [0.15, 0.2) is 0 Å². The Hall–Kier alpha value is -2.09. The van der Waals surface area contributed by atoms with Crippen LogP contribution in [0.4, 0.5) is 11.4 Å². The average Bonchev–Trinajstić information content (AvgIpc) is 2.50. The van der Waals surface area contributed by atoms with Crippen molar-refractivity contribution in [2.75, 3.05) is 5.01 Å². The second-order valence-corrected chi connectivity index (χ2v) is 4.36. The van der Waals surface area contributed by atoms with Gasteiger partial charge in [-0.2, -0.15) is 5.10 Å². The molecule has 0 N–H and O–H groups in total. The van der Waals surface area contributed by atoms with Crippen LogP contribution in [0.3, 0.4) is 0 Å². The monoisotopic (exact) mass is 252 g/mol. The highest BCUT2D eigenvalue weighted by molar-refractivity contribution is 5.85. The zero-order valence-corrected chi connectivity index (χ0v) is 11.6. The van der Waals surface area contributed by atoms with Gasteiger partial charge in [0, 0.05) is 5.71 Å². The summed E-state index contributed by atoms with van der Waals surface area (Å²) in [7, 11) is 0. The second-order valence-electron chi connectivity index (χ2n) is 4.36. The molecule has 0 atom stereocenters. The second kappa shape index (κ2) is 6.74. The lowest BCUT2D eigenvalue weighted by Gasteiger charge is -2.20. The molecule has 2 aromatic carbocycles. The predicted molar refractivity (Wildman–Crippen MR) is 83.0 cm³/mol. The molecule has 2 aromatic rings. The standard InChI is InChI=1S/C17H20N2/c1-3-15(4-2)18-19(16-11-7-5-8-12-16)17-13-9-6-10-14-17/h5-14H,3-4H2,1-2H3. The number of para-hydroxylation sites is 2. The van der Waals surface area contributed by atoms with E-state index < -0.39 is 0 Å². The molecular weight excluding hydrogens is 232 g/mol. The molecule has 0 saturated carbocycles. The number of rotatable bonds is 5. The van der Waals surface area contributed by atoms with Crippen molar-refractivity contribution in [1.82, 2.24) is 0 Å². The van der Waals surface area contributed by atoms with Gasteiger partial charge in [-0.15, -0.1) is 0 Å². The molecule has 0 bridgehead atoms. The summed E-state index contributed by atoms with van der Waals surface area (Å²) in [5.41, 5.74) is 3.38. The summed E-state index contributed by atoms with van der Waals surface area (Å²) in [5, 5.41) is 6.82. The van der Waals surface area contributed by atoms with Gasteiger partial charge in [0.25, 0.3) is 0 Å². The van der Waals surface area contributed by atoms with Crippen LogP contribution in [0.5, 0.6) is 0 Å². The lowest BCUT2D eigenvalue weighted by molar-refractivity contribution is 1.03. The molecule has 2 nitrogen and oxygen atoms in total. The lowest BCUT2D eigenvalue weighted by atomic mass is 10.2. The SMILES string of the molecule is CCC(CC)=NN(c1ccccc1)c1ccccc1. The van der Waals surface area contributed by atoms with Gasteiger partial charge in [-0.1, -0.05) is 50.2 Å². The van der Waals surface area contributed by atoms with Gasteiger partial charge in [-0.25, -0.2) is 5.01 Å². The Morgan fingerprint density at radius 3 is 1.58 bits per heavy atom. The van der Waals surface area contributed by atoms with Crippen molar-refractivity contribution in [3.63, 3.8) is 0 Å². The van der Waals surface area contributed by atoms with E-state index in [1.165, 1.54) is 5.71 Å². The van der Waals surface area contributed by atoms with Crippen LogP contribution in [0.25, 0.3) is 0 Å². The summed E-state index contributed by atoms with van der Waals surface area (Å²) < 4.78 is 0. The van der Waals surface area contributed by atoms with Crippen molar-refractivity contribution in [1.29, 1.82) is 0 Å². The van der Waals surface area contributed by atoms with Gasteiger partial charge in [0.1, 0.15) is 0 Å². The minimum absolute atomic E-state index is 0.979. The molecule has 0 aliphatic heterocycles. The highest BCUT2D eigenvalue weighted by atomic mass is 15.5. The van der Waals surface area contributed by atoms with E-state index in [1.807, 2.05) is 41.4 Å². The van der Waals surface area contributed by atoms with Crippen molar-refractivity contribution >= 4 is 17.1 Å². The zero-order valence-electron chi connectivity index (χ0n) is 11.6. The van der Waals surface area contributed by atoms with E-state index in [0.29, 0.717) is 0 Å². The summed E-state index contributed by atoms with van der Waals surface area (Å²) in [6.07, 6.45) is 1.96. The highest BCUT2D eigenvalue weighted by Crippen LogP contribution is 2.25. The molecule has 2 rings (SSSR count). The topological polar surface area (TPSA) is 15.6 Å². The van der Waals surface area contributed by atoms with E-state index in [9.17, 15) is 0 Å². The Balaban J connectivity index is 2.43. The van der Waals surface area contributed by atoms with Gasteiger partial charge in [0.05, 0.1) is 11.4 Å². The summed E-state index contributed by atoms with van der Waals surface area (Å²) in [4.78, 5) is 0. The fraction of sp³-hybridized carbons (Fsp3) is 0.235. The summed E-state index contributed by atoms with van der Waals surface area (Å²) in [6.45, 7) is 4.30. The average molecular weight is 252 g/mol. The molecule has 98 valence electrons. The fourth-order valence-electron chi connectivity index (χ4n) is 1.94. The summed E-state index contributed by atoms with van der Waals surface area (Å²) >= 11 is 0. The van der Waals surface area contributed by atoms with E-state index in [4.69, 9.17) is 5.10 Å². The normalized spacial score (nSPS) is 10.0. The first-order valence-electron chi connectivity index (χ1n) is 6.81. The molecule has 19 heavy (non-hydrogen) atoms. The molecule has 0 aromatic heterocycles. The van der Waals surface area contributed by atoms with Crippen LogP contribution in [0.1, 0.15) is 26.7 Å². The predicted octanol–water partition coefficient (Wildman–Crippen LogP) is 5.00. The molecule has 0 amide bonds. The lowest BCUT2D eigenvalue weighted by Crippen LogP contribution is -2.12. The molecule has 0 saturated heterocycles. The minimum atomic E-state index is 0.979. The molecule has 0 aliphatic rings. The molecule has 0 spiro atoms. The van der Waals surface area contributed by atoms with Gasteiger partial charge in [-0.3, -0.25) is 0 Å². The van der Waals surface area contributed by atoms with Crippen LogP contribution in [-0.2, 0) is 0 Å². The van der Waals surface area contributed by atoms with Crippen LogP contribution in [0.15, 0.2) is 65.8 Å². The van der Waals surface area contributed by atoms with E-state index in [2.05, 4.69) is 38.1 Å². The fourth-order valence-corrected chi connectivity index (χ4v) is 1.94. The maximum Gasteiger partial charge on any atom is 0.0652 e. The van der Waals surface area contributed by atoms with Gasteiger partial charge < -0.3 is 0 Å². The third kappa shape index (κ3) is 3.44. The molecule has 0 heterocycles. The summed E-state index contributed by atoms with van der Waals surface area (Å²) in [5.74, 6) is 0.